The van der Waals surface area contributed by atoms with Crippen LogP contribution in [0.25, 0.3) is 26.4 Å². The number of thiazole rings is 1. The lowest BCUT2D eigenvalue weighted by Crippen LogP contribution is -2.24. The molecule has 0 N–H and O–H groups in total. The van der Waals surface area contributed by atoms with Gasteiger partial charge in [0.25, 0.3) is 0 Å². The summed E-state index contributed by atoms with van der Waals surface area (Å²) in [4.78, 5) is 20.7. The van der Waals surface area contributed by atoms with E-state index in [9.17, 15) is 4.79 Å². The molecule has 156 valence electrons. The van der Waals surface area contributed by atoms with Gasteiger partial charge in [0.1, 0.15) is 0 Å². The first-order valence-electron chi connectivity index (χ1n) is 10.5. The fourth-order valence-corrected chi connectivity index (χ4v) is 5.00. The van der Waals surface area contributed by atoms with Crippen LogP contribution in [0.4, 0.5) is 0 Å². The number of unbranched alkanes of at least 4 members (excludes halogenated alkanes) is 1. The monoisotopic (exact) mass is 439 g/mol. The molecule has 0 radical (unpaired) electrons. The van der Waals surface area contributed by atoms with Crippen LogP contribution >= 0.6 is 22.9 Å². The summed E-state index contributed by atoms with van der Waals surface area (Å²) >= 11 is 7.73. The first-order valence-corrected chi connectivity index (χ1v) is 11.7. The van der Waals surface area contributed by atoms with Gasteiger partial charge in [-0.15, -0.1) is 0 Å². The molecule has 0 spiro atoms. The minimum absolute atomic E-state index is 0.224. The van der Waals surface area contributed by atoms with Crippen molar-refractivity contribution in [2.45, 2.75) is 33.1 Å². The second kappa shape index (κ2) is 9.29. The number of benzene rings is 2. The van der Waals surface area contributed by atoms with Gasteiger partial charge in [0.2, 0.25) is 0 Å². The second-order valence-electron chi connectivity index (χ2n) is 7.48. The Hall–Kier alpha value is -2.21. The van der Waals surface area contributed by atoms with Crippen LogP contribution in [0.2, 0.25) is 5.02 Å². The van der Waals surface area contributed by atoms with E-state index in [1.54, 1.807) is 11.3 Å². The van der Waals surface area contributed by atoms with E-state index in [2.05, 4.69) is 23.1 Å². The Morgan fingerprint density at radius 2 is 1.97 bits per heavy atom. The van der Waals surface area contributed by atoms with E-state index in [1.807, 2.05) is 48.7 Å². The fourth-order valence-electron chi connectivity index (χ4n) is 3.77. The maximum atomic E-state index is 12.7. The number of aromatic nitrogens is 2. The minimum Gasteiger partial charge on any atom is -0.304 e. The normalized spacial score (nSPS) is 11.7. The smallest absolute Gasteiger partial charge is 0.195 e. The van der Waals surface area contributed by atoms with Crippen molar-refractivity contribution in [2.24, 2.45) is 0 Å². The summed E-state index contributed by atoms with van der Waals surface area (Å²) in [6.45, 7) is 7.57. The van der Waals surface area contributed by atoms with E-state index < -0.39 is 0 Å². The van der Waals surface area contributed by atoms with Crippen molar-refractivity contribution >= 4 is 43.9 Å². The Kier molecular flexibility index (Phi) is 6.52. The zero-order valence-corrected chi connectivity index (χ0v) is 19.0. The SMILES string of the molecule is CCN(CC)CCCCC(=O)c1ccc2c(c1)sc1nc(-c3cccc(Cl)c3)cn12. The van der Waals surface area contributed by atoms with E-state index in [-0.39, 0.29) is 5.78 Å². The highest BCUT2D eigenvalue weighted by Gasteiger charge is 2.13. The number of imidazole rings is 1. The molecule has 0 saturated heterocycles. The molecule has 2 aromatic heterocycles. The Labute approximate surface area is 186 Å². The summed E-state index contributed by atoms with van der Waals surface area (Å²) in [5.74, 6) is 0.224. The average Bonchev–Trinajstić information content (AvgIpc) is 3.31. The van der Waals surface area contributed by atoms with Crippen molar-refractivity contribution < 1.29 is 4.79 Å². The summed E-state index contributed by atoms with van der Waals surface area (Å²) in [7, 11) is 0. The molecule has 0 saturated carbocycles. The van der Waals surface area contributed by atoms with Crippen LogP contribution in [-0.4, -0.2) is 39.7 Å². The quantitative estimate of drug-likeness (QED) is 0.219. The van der Waals surface area contributed by atoms with E-state index in [4.69, 9.17) is 16.6 Å². The summed E-state index contributed by atoms with van der Waals surface area (Å²) in [6.07, 6.45) is 4.64. The fraction of sp³-hybridized carbons (Fsp3) is 0.333. The Morgan fingerprint density at radius 3 is 2.73 bits per heavy atom. The van der Waals surface area contributed by atoms with Crippen molar-refractivity contribution in [3.05, 3.63) is 59.2 Å². The zero-order valence-electron chi connectivity index (χ0n) is 17.4. The highest BCUT2D eigenvalue weighted by molar-refractivity contribution is 7.23. The van der Waals surface area contributed by atoms with Gasteiger partial charge in [-0.25, -0.2) is 4.98 Å². The van der Waals surface area contributed by atoms with Gasteiger partial charge in [-0.05, 0) is 62.8 Å². The van der Waals surface area contributed by atoms with Gasteiger partial charge < -0.3 is 4.90 Å². The predicted octanol–water partition coefficient (Wildman–Crippen LogP) is 6.56. The summed E-state index contributed by atoms with van der Waals surface area (Å²) in [6, 6.07) is 13.7. The number of halogens is 1. The van der Waals surface area contributed by atoms with Gasteiger partial charge in [-0.1, -0.05) is 48.9 Å². The number of hydrogen-bond acceptors (Lipinski definition) is 4. The number of hydrogen-bond donors (Lipinski definition) is 0. The van der Waals surface area contributed by atoms with Gasteiger partial charge in [0, 0.05) is 28.8 Å². The number of ketones is 1. The molecule has 6 heteroatoms. The molecule has 4 nitrogen and oxygen atoms in total. The minimum atomic E-state index is 0.224. The van der Waals surface area contributed by atoms with E-state index in [1.165, 1.54) is 0 Å². The molecule has 0 fully saturated rings. The Morgan fingerprint density at radius 1 is 1.13 bits per heavy atom. The average molecular weight is 440 g/mol. The first-order chi connectivity index (χ1) is 14.6. The number of Topliss-reactive ketones (excluding diaryl/α,β-unsaturated/α-hetero) is 1. The van der Waals surface area contributed by atoms with Crippen molar-refractivity contribution in [3.63, 3.8) is 0 Å². The first kappa shape index (κ1) is 21.0. The number of rotatable bonds is 9. The number of nitrogens with zero attached hydrogens (tertiary/aromatic N) is 3. The van der Waals surface area contributed by atoms with Gasteiger partial charge >= 0.3 is 0 Å². The van der Waals surface area contributed by atoms with Gasteiger partial charge in [0.05, 0.1) is 15.9 Å². The molecule has 0 aliphatic heterocycles. The molecule has 0 atom stereocenters. The van der Waals surface area contributed by atoms with Crippen LogP contribution < -0.4 is 0 Å². The van der Waals surface area contributed by atoms with Crippen molar-refractivity contribution in [1.82, 2.24) is 14.3 Å². The van der Waals surface area contributed by atoms with Crippen molar-refractivity contribution in [3.8, 4) is 11.3 Å². The predicted molar refractivity (Wildman–Crippen MR) is 127 cm³/mol. The molecular formula is C24H26ClN3OS. The lowest BCUT2D eigenvalue weighted by Gasteiger charge is -2.17. The molecule has 0 bridgehead atoms. The van der Waals surface area contributed by atoms with Crippen molar-refractivity contribution in [2.75, 3.05) is 19.6 Å². The molecule has 0 aliphatic rings. The van der Waals surface area contributed by atoms with Gasteiger partial charge in [0.15, 0.2) is 10.7 Å². The molecule has 4 aromatic rings. The van der Waals surface area contributed by atoms with Crippen LogP contribution in [0, 0.1) is 0 Å². The van der Waals surface area contributed by atoms with E-state index in [0.717, 1.165) is 64.5 Å². The van der Waals surface area contributed by atoms with Crippen LogP contribution in [0.15, 0.2) is 48.7 Å². The summed E-state index contributed by atoms with van der Waals surface area (Å²) in [5, 5.41) is 0.703. The molecular weight excluding hydrogens is 414 g/mol. The van der Waals surface area contributed by atoms with Crippen LogP contribution in [0.3, 0.4) is 0 Å². The number of carbonyl (C=O) groups is 1. The Balaban J connectivity index is 1.48. The molecule has 0 amide bonds. The van der Waals surface area contributed by atoms with Gasteiger partial charge in [-0.2, -0.15) is 0 Å². The maximum Gasteiger partial charge on any atom is 0.195 e. The van der Waals surface area contributed by atoms with E-state index >= 15 is 0 Å². The van der Waals surface area contributed by atoms with Crippen molar-refractivity contribution in [1.29, 1.82) is 0 Å². The zero-order chi connectivity index (χ0) is 21.1. The van der Waals surface area contributed by atoms with Crippen LogP contribution in [-0.2, 0) is 0 Å². The van der Waals surface area contributed by atoms with Crippen LogP contribution in [0.5, 0.6) is 0 Å². The van der Waals surface area contributed by atoms with E-state index in [0.29, 0.717) is 11.4 Å². The number of carbonyl (C=O) groups excluding carboxylic acids is 1. The third-order valence-corrected chi connectivity index (χ3v) is 6.81. The summed E-state index contributed by atoms with van der Waals surface area (Å²) < 4.78 is 3.18. The molecule has 2 heterocycles. The number of fused-ring (bicyclic) bond motifs is 3. The van der Waals surface area contributed by atoms with Crippen LogP contribution in [0.1, 0.15) is 43.5 Å². The lowest BCUT2D eigenvalue weighted by atomic mass is 10.1. The molecule has 0 unspecified atom stereocenters. The Bertz CT molecular complexity index is 1180. The standard InChI is InChI=1S/C24H26ClN3OS/c1-3-27(4-2)13-6-5-10-22(29)18-11-12-21-23(15-18)30-24-26-20(16-28(21)24)17-8-7-9-19(25)14-17/h7-9,11-12,14-16H,3-6,10,13H2,1-2H3. The summed E-state index contributed by atoms with van der Waals surface area (Å²) in [5.41, 5.74) is 3.78. The third-order valence-electron chi connectivity index (χ3n) is 5.56. The third kappa shape index (κ3) is 4.43. The highest BCUT2D eigenvalue weighted by atomic mass is 35.5. The molecule has 0 aliphatic carbocycles. The topological polar surface area (TPSA) is 37.6 Å². The largest absolute Gasteiger partial charge is 0.304 e. The highest BCUT2D eigenvalue weighted by Crippen LogP contribution is 2.31. The molecule has 30 heavy (non-hydrogen) atoms. The maximum absolute atomic E-state index is 12.7. The molecule has 4 rings (SSSR count). The lowest BCUT2D eigenvalue weighted by molar-refractivity contribution is 0.0978. The van der Waals surface area contributed by atoms with Gasteiger partial charge in [-0.3, -0.25) is 9.20 Å². The molecule has 2 aromatic carbocycles. The second-order valence-corrected chi connectivity index (χ2v) is 8.93.